The number of methoxy groups -OCH3 is 3. The van der Waals surface area contributed by atoms with Gasteiger partial charge in [0.25, 0.3) is 5.56 Å². The number of nitrogens with zero attached hydrogens (tertiary/aromatic N) is 1. The van der Waals surface area contributed by atoms with Crippen LogP contribution in [0.25, 0.3) is 10.9 Å². The van der Waals surface area contributed by atoms with E-state index in [-0.39, 0.29) is 34.0 Å². The van der Waals surface area contributed by atoms with Gasteiger partial charge in [-0.3, -0.25) is 9.59 Å². The second-order valence-corrected chi connectivity index (χ2v) is 5.15. The smallest absolute Gasteiger partial charge is 0.263 e. The number of carbonyl (C=O) groups is 1. The van der Waals surface area contributed by atoms with Crippen molar-refractivity contribution < 1.29 is 19.0 Å². The van der Waals surface area contributed by atoms with Crippen molar-refractivity contribution >= 4 is 16.7 Å². The van der Waals surface area contributed by atoms with E-state index in [9.17, 15) is 9.59 Å². The normalized spacial score (nSPS) is 10.5. The number of aromatic amines is 1. The van der Waals surface area contributed by atoms with Gasteiger partial charge in [0.05, 0.1) is 26.8 Å². The molecule has 0 aliphatic carbocycles. The zero-order valence-corrected chi connectivity index (χ0v) is 14.0. The van der Waals surface area contributed by atoms with Crippen molar-refractivity contribution in [1.29, 1.82) is 0 Å². The summed E-state index contributed by atoms with van der Waals surface area (Å²) in [4.78, 5) is 31.9. The molecule has 25 heavy (non-hydrogen) atoms. The van der Waals surface area contributed by atoms with Crippen molar-refractivity contribution in [2.45, 2.75) is 0 Å². The van der Waals surface area contributed by atoms with Crippen molar-refractivity contribution in [3.8, 4) is 17.2 Å². The van der Waals surface area contributed by atoms with Crippen molar-refractivity contribution in [1.82, 2.24) is 9.97 Å². The maximum atomic E-state index is 12.6. The molecule has 2 aromatic carbocycles. The molecule has 128 valence electrons. The van der Waals surface area contributed by atoms with Crippen LogP contribution < -0.4 is 19.8 Å². The number of ether oxygens (including phenoxy) is 3. The molecule has 0 radical (unpaired) electrons. The molecular formula is C18H16N2O5. The Bertz CT molecular complexity index is 996. The highest BCUT2D eigenvalue weighted by Crippen LogP contribution is 2.41. The number of carbonyl (C=O) groups excluding carboxylic acids is 1. The summed E-state index contributed by atoms with van der Waals surface area (Å²) in [7, 11) is 4.33. The van der Waals surface area contributed by atoms with Gasteiger partial charge in [0.2, 0.25) is 11.5 Å². The molecule has 0 saturated heterocycles. The van der Waals surface area contributed by atoms with Crippen molar-refractivity contribution in [3.05, 3.63) is 58.1 Å². The largest absolute Gasteiger partial charge is 0.493 e. The van der Waals surface area contributed by atoms with E-state index in [2.05, 4.69) is 9.97 Å². The van der Waals surface area contributed by atoms with Gasteiger partial charge in [-0.1, -0.05) is 30.3 Å². The molecule has 1 aromatic heterocycles. The maximum Gasteiger partial charge on any atom is 0.263 e. The van der Waals surface area contributed by atoms with Gasteiger partial charge in [-0.05, 0) is 0 Å². The number of benzene rings is 2. The van der Waals surface area contributed by atoms with Gasteiger partial charge < -0.3 is 19.2 Å². The minimum Gasteiger partial charge on any atom is -0.493 e. The number of aromatic nitrogens is 2. The lowest BCUT2D eigenvalue weighted by Gasteiger charge is -2.14. The second-order valence-electron chi connectivity index (χ2n) is 5.15. The number of fused-ring (bicyclic) bond motifs is 1. The Kier molecular flexibility index (Phi) is 4.38. The SMILES string of the molecule is COc1cc2nc(C(=O)c3ccccc3)[nH]c(=O)c2c(OC)c1OC. The average molecular weight is 340 g/mol. The predicted octanol–water partition coefficient (Wildman–Crippen LogP) is 2.18. The highest BCUT2D eigenvalue weighted by atomic mass is 16.5. The highest BCUT2D eigenvalue weighted by molar-refractivity contribution is 6.07. The minimum atomic E-state index is -0.498. The Balaban J connectivity index is 2.27. The van der Waals surface area contributed by atoms with Gasteiger partial charge in [0.1, 0.15) is 5.39 Å². The van der Waals surface area contributed by atoms with E-state index < -0.39 is 5.56 Å². The van der Waals surface area contributed by atoms with E-state index >= 15 is 0 Å². The zero-order valence-electron chi connectivity index (χ0n) is 14.0. The molecule has 0 bridgehead atoms. The first-order chi connectivity index (χ1) is 12.1. The van der Waals surface area contributed by atoms with E-state index in [1.807, 2.05) is 0 Å². The first kappa shape index (κ1) is 16.5. The quantitative estimate of drug-likeness (QED) is 0.716. The molecule has 0 aliphatic heterocycles. The molecule has 0 atom stereocenters. The predicted molar refractivity (Wildman–Crippen MR) is 91.9 cm³/mol. The molecule has 0 fully saturated rings. The molecule has 7 heteroatoms. The maximum absolute atomic E-state index is 12.6. The van der Waals surface area contributed by atoms with Crippen LogP contribution in [0.15, 0.2) is 41.2 Å². The lowest BCUT2D eigenvalue weighted by atomic mass is 10.1. The topological polar surface area (TPSA) is 90.5 Å². The van der Waals surface area contributed by atoms with Gasteiger partial charge in [0.15, 0.2) is 17.3 Å². The van der Waals surface area contributed by atoms with E-state index in [1.54, 1.807) is 30.3 Å². The van der Waals surface area contributed by atoms with Gasteiger partial charge in [-0.15, -0.1) is 0 Å². The third kappa shape index (κ3) is 2.80. The van der Waals surface area contributed by atoms with E-state index in [0.717, 1.165) is 0 Å². The number of hydrogen-bond acceptors (Lipinski definition) is 6. The van der Waals surface area contributed by atoms with Crippen LogP contribution in [-0.4, -0.2) is 37.1 Å². The van der Waals surface area contributed by atoms with Gasteiger partial charge in [0, 0.05) is 11.6 Å². The van der Waals surface area contributed by atoms with E-state index in [4.69, 9.17) is 14.2 Å². The van der Waals surface area contributed by atoms with Gasteiger partial charge >= 0.3 is 0 Å². The lowest BCUT2D eigenvalue weighted by Crippen LogP contribution is -2.17. The van der Waals surface area contributed by atoms with Crippen LogP contribution in [0.2, 0.25) is 0 Å². The summed E-state index contributed by atoms with van der Waals surface area (Å²) in [6.45, 7) is 0. The summed E-state index contributed by atoms with van der Waals surface area (Å²) in [5, 5.41) is 0.185. The monoisotopic (exact) mass is 340 g/mol. The van der Waals surface area contributed by atoms with Crippen LogP contribution in [-0.2, 0) is 0 Å². The fourth-order valence-electron chi connectivity index (χ4n) is 2.60. The molecule has 0 spiro atoms. The van der Waals surface area contributed by atoms with Crippen LogP contribution in [0, 0.1) is 0 Å². The van der Waals surface area contributed by atoms with Crippen molar-refractivity contribution in [2.75, 3.05) is 21.3 Å². The Morgan fingerprint density at radius 2 is 1.68 bits per heavy atom. The highest BCUT2D eigenvalue weighted by Gasteiger charge is 2.21. The van der Waals surface area contributed by atoms with Crippen molar-refractivity contribution in [3.63, 3.8) is 0 Å². The Morgan fingerprint density at radius 3 is 2.28 bits per heavy atom. The van der Waals surface area contributed by atoms with Crippen LogP contribution in [0.3, 0.4) is 0 Å². The van der Waals surface area contributed by atoms with Crippen LogP contribution >= 0.6 is 0 Å². The van der Waals surface area contributed by atoms with Crippen LogP contribution in [0.4, 0.5) is 0 Å². The molecule has 1 heterocycles. The average Bonchev–Trinajstić information content (AvgIpc) is 2.66. The summed E-state index contributed by atoms with van der Waals surface area (Å²) < 4.78 is 15.8. The molecule has 0 saturated carbocycles. The molecule has 7 nitrogen and oxygen atoms in total. The summed E-state index contributed by atoms with van der Waals surface area (Å²) in [5.74, 6) is 0.394. The van der Waals surface area contributed by atoms with Crippen LogP contribution in [0.1, 0.15) is 16.2 Å². The summed E-state index contributed by atoms with van der Waals surface area (Å²) in [6.07, 6.45) is 0. The number of H-pyrrole nitrogens is 1. The third-order valence-electron chi connectivity index (χ3n) is 3.75. The summed E-state index contributed by atoms with van der Waals surface area (Å²) >= 11 is 0. The van der Waals surface area contributed by atoms with Crippen molar-refractivity contribution in [2.24, 2.45) is 0 Å². The first-order valence-electron chi connectivity index (χ1n) is 7.43. The van der Waals surface area contributed by atoms with Gasteiger partial charge in [-0.2, -0.15) is 0 Å². The fraction of sp³-hybridized carbons (Fsp3) is 0.167. The molecule has 3 aromatic rings. The Morgan fingerprint density at radius 1 is 1.00 bits per heavy atom. The minimum absolute atomic E-state index is 0.0574. The lowest BCUT2D eigenvalue weighted by molar-refractivity contribution is 0.102. The molecule has 3 rings (SSSR count). The number of nitrogens with one attached hydrogen (secondary N) is 1. The van der Waals surface area contributed by atoms with E-state index in [1.165, 1.54) is 27.4 Å². The standard InChI is InChI=1S/C18H16N2O5/c1-23-12-9-11-13(16(25-3)15(12)24-2)18(22)20-17(19-11)14(21)10-7-5-4-6-8-10/h4-9H,1-3H3,(H,19,20,22). The molecule has 0 amide bonds. The molecule has 0 unspecified atom stereocenters. The molecule has 0 aliphatic rings. The number of rotatable bonds is 5. The number of hydrogen-bond donors (Lipinski definition) is 1. The fourth-order valence-corrected chi connectivity index (χ4v) is 2.60. The Labute approximate surface area is 143 Å². The van der Waals surface area contributed by atoms with Gasteiger partial charge in [-0.25, -0.2) is 4.98 Å². The van der Waals surface area contributed by atoms with Crippen LogP contribution in [0.5, 0.6) is 17.2 Å². The first-order valence-corrected chi connectivity index (χ1v) is 7.43. The summed E-state index contributed by atoms with van der Waals surface area (Å²) in [6, 6.07) is 10.1. The van der Waals surface area contributed by atoms with E-state index in [0.29, 0.717) is 11.3 Å². The molecular weight excluding hydrogens is 324 g/mol. The summed E-state index contributed by atoms with van der Waals surface area (Å²) in [5.41, 5.74) is 0.206. The number of ketones is 1. The zero-order chi connectivity index (χ0) is 18.0. The second kappa shape index (κ2) is 6.64. The molecule has 1 N–H and O–H groups in total. The Hall–Kier alpha value is -3.35. The third-order valence-corrected chi connectivity index (χ3v) is 3.75.